The Kier molecular flexibility index (Phi) is 13.6. The first kappa shape index (κ1) is 31.2. The normalized spacial score (nSPS) is 14.2. The summed E-state index contributed by atoms with van der Waals surface area (Å²) in [6, 6.07) is -5.82. The molecule has 10 N–H and O–H groups in total. The van der Waals surface area contributed by atoms with Gasteiger partial charge in [0.05, 0.1) is 12.5 Å². The summed E-state index contributed by atoms with van der Waals surface area (Å²) in [4.78, 5) is 82.1. The van der Waals surface area contributed by atoms with Crippen molar-refractivity contribution < 1.29 is 48.9 Å². The Morgan fingerprint density at radius 3 is 1.69 bits per heavy atom. The van der Waals surface area contributed by atoms with Crippen LogP contribution < -0.4 is 27.4 Å². The largest absolute Gasteiger partial charge is 0.481 e. The smallest absolute Gasteiger partial charge is 0.326 e. The van der Waals surface area contributed by atoms with E-state index >= 15 is 0 Å². The van der Waals surface area contributed by atoms with Gasteiger partial charge in [-0.05, 0) is 25.2 Å². The van der Waals surface area contributed by atoms with Crippen LogP contribution in [0.3, 0.4) is 0 Å². The molecule has 4 atom stereocenters. The first-order chi connectivity index (χ1) is 16.1. The molecule has 4 amide bonds. The summed E-state index contributed by atoms with van der Waals surface area (Å²) < 4.78 is 0. The molecule has 0 rings (SSSR count). The molecular formula is C20H33N5O10. The Balaban J connectivity index is 5.57. The third-order valence-corrected chi connectivity index (χ3v) is 4.65. The molecule has 0 bridgehead atoms. The molecule has 15 nitrogen and oxygen atoms in total. The molecule has 0 heterocycles. The molecular weight excluding hydrogens is 470 g/mol. The summed E-state index contributed by atoms with van der Waals surface area (Å²) in [5, 5.41) is 33.7. The predicted octanol–water partition coefficient (Wildman–Crippen LogP) is -2.50. The summed E-state index contributed by atoms with van der Waals surface area (Å²) in [5.74, 6) is -7.99. The Labute approximate surface area is 201 Å². The van der Waals surface area contributed by atoms with E-state index in [9.17, 15) is 38.7 Å². The van der Waals surface area contributed by atoms with Crippen molar-refractivity contribution in [2.75, 3.05) is 0 Å². The van der Waals surface area contributed by atoms with Gasteiger partial charge in [0.1, 0.15) is 18.1 Å². The SMILES string of the molecule is CC(C)CC(NC(=O)C(CCC(N)=O)NC(=O)C(CC(=O)O)NC(=O)C(N)CCC(=O)O)C(=O)O. The highest BCUT2D eigenvalue weighted by molar-refractivity contribution is 5.95. The predicted molar refractivity (Wildman–Crippen MR) is 118 cm³/mol. The first-order valence-electron chi connectivity index (χ1n) is 10.7. The average Bonchev–Trinajstić information content (AvgIpc) is 2.72. The highest BCUT2D eigenvalue weighted by Gasteiger charge is 2.31. The van der Waals surface area contributed by atoms with Crippen molar-refractivity contribution in [3.05, 3.63) is 0 Å². The monoisotopic (exact) mass is 503 g/mol. The fourth-order valence-corrected chi connectivity index (χ4v) is 2.87. The molecule has 0 radical (unpaired) electrons. The number of amides is 4. The maximum Gasteiger partial charge on any atom is 0.326 e. The van der Waals surface area contributed by atoms with Crippen LogP contribution >= 0.6 is 0 Å². The van der Waals surface area contributed by atoms with E-state index in [0.717, 1.165) is 0 Å². The van der Waals surface area contributed by atoms with Crippen molar-refractivity contribution in [1.82, 2.24) is 16.0 Å². The number of primary amides is 1. The van der Waals surface area contributed by atoms with Gasteiger partial charge < -0.3 is 42.7 Å². The van der Waals surface area contributed by atoms with Gasteiger partial charge in [0, 0.05) is 12.8 Å². The van der Waals surface area contributed by atoms with Crippen LogP contribution in [0.4, 0.5) is 0 Å². The van der Waals surface area contributed by atoms with Gasteiger partial charge in [-0.3, -0.25) is 28.8 Å². The number of hydrogen-bond donors (Lipinski definition) is 8. The average molecular weight is 504 g/mol. The van der Waals surface area contributed by atoms with Crippen LogP contribution in [0.15, 0.2) is 0 Å². The van der Waals surface area contributed by atoms with Crippen LogP contribution in [0.25, 0.3) is 0 Å². The Hall–Kier alpha value is -3.75. The molecule has 0 aromatic rings. The molecule has 15 heteroatoms. The molecule has 0 spiro atoms. The molecule has 0 aliphatic rings. The van der Waals surface area contributed by atoms with E-state index in [4.69, 9.17) is 21.7 Å². The number of hydrogen-bond acceptors (Lipinski definition) is 8. The number of nitrogens with one attached hydrogen (secondary N) is 3. The Morgan fingerprint density at radius 1 is 0.714 bits per heavy atom. The molecule has 0 aliphatic carbocycles. The lowest BCUT2D eigenvalue weighted by molar-refractivity contribution is -0.143. The molecule has 35 heavy (non-hydrogen) atoms. The van der Waals surface area contributed by atoms with Gasteiger partial charge in [-0.2, -0.15) is 0 Å². The topological polar surface area (TPSA) is 268 Å². The minimum atomic E-state index is -1.70. The lowest BCUT2D eigenvalue weighted by Crippen LogP contribution is -2.57. The van der Waals surface area contributed by atoms with Crippen molar-refractivity contribution in [2.24, 2.45) is 17.4 Å². The Bertz CT molecular complexity index is 816. The van der Waals surface area contributed by atoms with Crippen LogP contribution in [0, 0.1) is 5.92 Å². The minimum absolute atomic E-state index is 0.0729. The standard InChI is InChI=1S/C20H33N5O10/c1-9(2)7-13(20(34)35)25-18(32)11(4-5-14(22)26)23-19(33)12(8-16(29)30)24-17(31)10(21)3-6-15(27)28/h9-13H,3-8,21H2,1-2H3,(H2,22,26)(H,23,33)(H,24,31)(H,25,32)(H,27,28)(H,29,30)(H,34,35). The van der Waals surface area contributed by atoms with Crippen LogP contribution in [-0.2, 0) is 33.6 Å². The number of carboxylic acid groups (broad SMARTS) is 3. The molecule has 0 aromatic carbocycles. The fraction of sp³-hybridized carbons (Fsp3) is 0.650. The van der Waals surface area contributed by atoms with Crippen molar-refractivity contribution in [3.63, 3.8) is 0 Å². The van der Waals surface area contributed by atoms with Crippen molar-refractivity contribution in [2.45, 2.75) is 76.5 Å². The summed E-state index contributed by atoms with van der Waals surface area (Å²) in [7, 11) is 0. The first-order valence-corrected chi connectivity index (χ1v) is 10.7. The number of carbonyl (C=O) groups excluding carboxylic acids is 4. The van der Waals surface area contributed by atoms with E-state index in [1.807, 2.05) is 0 Å². The van der Waals surface area contributed by atoms with Crippen molar-refractivity contribution >= 4 is 41.5 Å². The van der Waals surface area contributed by atoms with Gasteiger partial charge in [-0.1, -0.05) is 13.8 Å². The highest BCUT2D eigenvalue weighted by Crippen LogP contribution is 2.07. The van der Waals surface area contributed by atoms with Gasteiger partial charge in [-0.15, -0.1) is 0 Å². The maximum atomic E-state index is 12.7. The molecule has 0 fully saturated rings. The minimum Gasteiger partial charge on any atom is -0.481 e. The van der Waals surface area contributed by atoms with Crippen molar-refractivity contribution in [3.8, 4) is 0 Å². The molecule has 0 saturated heterocycles. The van der Waals surface area contributed by atoms with Crippen LogP contribution in [0.2, 0.25) is 0 Å². The molecule has 4 unspecified atom stereocenters. The molecule has 0 saturated carbocycles. The zero-order valence-corrected chi connectivity index (χ0v) is 19.5. The number of nitrogens with two attached hydrogens (primary N) is 2. The van der Waals surface area contributed by atoms with Crippen LogP contribution in [0.5, 0.6) is 0 Å². The zero-order chi connectivity index (χ0) is 27.3. The second kappa shape index (κ2) is 15.2. The number of carbonyl (C=O) groups is 7. The van der Waals surface area contributed by atoms with Crippen LogP contribution in [0.1, 0.15) is 52.4 Å². The van der Waals surface area contributed by atoms with E-state index in [1.54, 1.807) is 13.8 Å². The van der Waals surface area contributed by atoms with E-state index < -0.39 is 78.5 Å². The second-order valence-electron chi connectivity index (χ2n) is 8.29. The third-order valence-electron chi connectivity index (χ3n) is 4.65. The zero-order valence-electron chi connectivity index (χ0n) is 19.5. The van der Waals surface area contributed by atoms with E-state index in [0.29, 0.717) is 0 Å². The van der Waals surface area contributed by atoms with Gasteiger partial charge in [0.2, 0.25) is 23.6 Å². The van der Waals surface area contributed by atoms with Gasteiger partial charge >= 0.3 is 17.9 Å². The number of rotatable bonds is 17. The summed E-state index contributed by atoms with van der Waals surface area (Å²) in [6.07, 6.45) is -2.25. The quantitative estimate of drug-likeness (QED) is 0.103. The highest BCUT2D eigenvalue weighted by atomic mass is 16.4. The lowest BCUT2D eigenvalue weighted by atomic mass is 10.0. The Morgan fingerprint density at radius 2 is 1.23 bits per heavy atom. The fourth-order valence-electron chi connectivity index (χ4n) is 2.87. The number of carboxylic acids is 3. The van der Waals surface area contributed by atoms with Gasteiger partial charge in [0.25, 0.3) is 0 Å². The summed E-state index contributed by atoms with van der Waals surface area (Å²) >= 11 is 0. The van der Waals surface area contributed by atoms with E-state index in [1.165, 1.54) is 0 Å². The maximum absolute atomic E-state index is 12.7. The molecule has 198 valence electrons. The van der Waals surface area contributed by atoms with Crippen LogP contribution in [-0.4, -0.2) is 81.0 Å². The van der Waals surface area contributed by atoms with Crippen molar-refractivity contribution in [1.29, 1.82) is 0 Å². The summed E-state index contributed by atoms with van der Waals surface area (Å²) in [5.41, 5.74) is 10.7. The second-order valence-corrected chi connectivity index (χ2v) is 8.29. The molecule has 0 aliphatic heterocycles. The number of aliphatic carboxylic acids is 3. The molecule has 0 aromatic heterocycles. The lowest BCUT2D eigenvalue weighted by Gasteiger charge is -2.25. The van der Waals surface area contributed by atoms with E-state index in [2.05, 4.69) is 16.0 Å². The summed E-state index contributed by atoms with van der Waals surface area (Å²) in [6.45, 7) is 3.46. The van der Waals surface area contributed by atoms with E-state index in [-0.39, 0.29) is 31.6 Å². The van der Waals surface area contributed by atoms with Gasteiger partial charge in [0.15, 0.2) is 0 Å². The van der Waals surface area contributed by atoms with Gasteiger partial charge in [-0.25, -0.2) is 4.79 Å². The third kappa shape index (κ3) is 13.5.